The van der Waals surface area contributed by atoms with Gasteiger partial charge >= 0.3 is 0 Å². The van der Waals surface area contributed by atoms with Gasteiger partial charge in [0, 0.05) is 12.6 Å². The number of fused-ring (bicyclic) bond motifs is 1. The fraction of sp³-hybridized carbons (Fsp3) is 0.286. The Balaban J connectivity index is 2.15. The number of carbonyl (C=O) groups is 1. The molecule has 0 radical (unpaired) electrons. The molecule has 1 aromatic carbocycles. The fourth-order valence-corrected chi connectivity index (χ4v) is 2.61. The Labute approximate surface area is 100 Å². The van der Waals surface area contributed by atoms with Crippen LogP contribution in [0.3, 0.4) is 0 Å². The van der Waals surface area contributed by atoms with Gasteiger partial charge in [0.05, 0.1) is 17.5 Å². The molecule has 3 nitrogen and oxygen atoms in total. The maximum absolute atomic E-state index is 11.0. The average Bonchev–Trinajstić information content (AvgIpc) is 2.93. The van der Waals surface area contributed by atoms with Crippen LogP contribution in [0.4, 0.5) is 0 Å². The van der Waals surface area contributed by atoms with Crippen LogP contribution in [0.15, 0.2) is 24.4 Å². The predicted molar refractivity (Wildman–Crippen MR) is 66.1 cm³/mol. The Morgan fingerprint density at radius 1 is 1.29 bits per heavy atom. The van der Waals surface area contributed by atoms with Crippen LogP contribution in [0.2, 0.25) is 0 Å². The van der Waals surface area contributed by atoms with E-state index in [-0.39, 0.29) is 0 Å². The minimum atomic E-state index is 0.658. The molecule has 0 N–H and O–H groups in total. The predicted octanol–water partition coefficient (Wildman–Crippen LogP) is 2.39. The molecule has 1 heterocycles. The van der Waals surface area contributed by atoms with Gasteiger partial charge in [0.15, 0.2) is 6.29 Å². The molecule has 3 rings (SSSR count). The van der Waals surface area contributed by atoms with E-state index in [2.05, 4.69) is 23.3 Å². The maximum atomic E-state index is 11.0. The molecule has 1 aliphatic carbocycles. The molecule has 86 valence electrons. The lowest BCUT2D eigenvalue weighted by molar-refractivity contribution is 0.112. The zero-order valence-corrected chi connectivity index (χ0v) is 9.81. The zero-order chi connectivity index (χ0) is 11.8. The Bertz CT molecular complexity index is 584. The first-order valence-corrected chi connectivity index (χ1v) is 5.89. The van der Waals surface area contributed by atoms with Crippen LogP contribution in [-0.4, -0.2) is 16.1 Å². The highest BCUT2D eigenvalue weighted by atomic mass is 16.1. The zero-order valence-electron chi connectivity index (χ0n) is 9.81. The molecule has 1 aromatic heterocycles. The third-order valence-electron chi connectivity index (χ3n) is 3.47. The van der Waals surface area contributed by atoms with E-state index >= 15 is 0 Å². The highest BCUT2D eigenvalue weighted by Crippen LogP contribution is 2.29. The van der Waals surface area contributed by atoms with Gasteiger partial charge < -0.3 is 0 Å². The number of carbonyl (C=O) groups excluding carboxylic acids is 1. The normalized spacial score (nSPS) is 13.7. The maximum Gasteiger partial charge on any atom is 0.153 e. The molecule has 3 heteroatoms. The minimum absolute atomic E-state index is 0.658. The Morgan fingerprint density at radius 2 is 2.12 bits per heavy atom. The summed E-state index contributed by atoms with van der Waals surface area (Å²) in [5.74, 6) is 0. The van der Waals surface area contributed by atoms with Gasteiger partial charge in [-0.1, -0.05) is 12.1 Å². The molecule has 0 bridgehead atoms. The van der Waals surface area contributed by atoms with Crippen molar-refractivity contribution in [2.24, 2.45) is 7.05 Å². The summed E-state index contributed by atoms with van der Waals surface area (Å²) < 4.78 is 1.76. The van der Waals surface area contributed by atoms with Gasteiger partial charge in [-0.2, -0.15) is 5.10 Å². The van der Waals surface area contributed by atoms with Crippen molar-refractivity contribution < 1.29 is 4.79 Å². The Morgan fingerprint density at radius 3 is 2.94 bits per heavy atom. The van der Waals surface area contributed by atoms with E-state index in [1.54, 1.807) is 10.9 Å². The molecule has 0 atom stereocenters. The SMILES string of the molecule is Cn1ncc(C=O)c1-c1ccc2c(c1)CCC2. The number of rotatable bonds is 2. The van der Waals surface area contributed by atoms with Crippen LogP contribution in [-0.2, 0) is 19.9 Å². The van der Waals surface area contributed by atoms with Gasteiger partial charge in [0.25, 0.3) is 0 Å². The molecule has 0 unspecified atom stereocenters. The lowest BCUT2D eigenvalue weighted by Gasteiger charge is -2.06. The topological polar surface area (TPSA) is 34.9 Å². The van der Waals surface area contributed by atoms with Crippen molar-refractivity contribution >= 4 is 6.29 Å². The van der Waals surface area contributed by atoms with Gasteiger partial charge in [-0.3, -0.25) is 9.48 Å². The summed E-state index contributed by atoms with van der Waals surface area (Å²) in [6, 6.07) is 6.47. The van der Waals surface area contributed by atoms with E-state index < -0.39 is 0 Å². The lowest BCUT2D eigenvalue weighted by atomic mass is 10.0. The molecule has 2 aromatic rings. The van der Waals surface area contributed by atoms with E-state index in [0.717, 1.165) is 24.0 Å². The summed E-state index contributed by atoms with van der Waals surface area (Å²) in [7, 11) is 1.87. The number of hydrogen-bond acceptors (Lipinski definition) is 2. The largest absolute Gasteiger partial charge is 0.298 e. The highest BCUT2D eigenvalue weighted by Gasteiger charge is 2.15. The van der Waals surface area contributed by atoms with Crippen molar-refractivity contribution in [2.45, 2.75) is 19.3 Å². The van der Waals surface area contributed by atoms with Crippen LogP contribution >= 0.6 is 0 Å². The van der Waals surface area contributed by atoms with Gasteiger partial charge in [0.2, 0.25) is 0 Å². The van der Waals surface area contributed by atoms with Crippen molar-refractivity contribution in [3.63, 3.8) is 0 Å². The summed E-state index contributed by atoms with van der Waals surface area (Å²) >= 11 is 0. The van der Waals surface area contributed by atoms with Gasteiger partial charge in [-0.25, -0.2) is 0 Å². The summed E-state index contributed by atoms with van der Waals surface area (Å²) in [5, 5.41) is 4.14. The van der Waals surface area contributed by atoms with E-state index in [1.165, 1.54) is 24.0 Å². The Hall–Kier alpha value is -1.90. The van der Waals surface area contributed by atoms with Crippen molar-refractivity contribution in [1.82, 2.24) is 9.78 Å². The Kier molecular flexibility index (Phi) is 2.32. The second-order valence-corrected chi connectivity index (χ2v) is 4.53. The van der Waals surface area contributed by atoms with E-state index in [4.69, 9.17) is 0 Å². The molecule has 0 amide bonds. The number of nitrogens with zero attached hydrogens (tertiary/aromatic N) is 2. The van der Waals surface area contributed by atoms with Crippen LogP contribution in [0, 0.1) is 0 Å². The molecule has 0 fully saturated rings. The van der Waals surface area contributed by atoms with Crippen molar-refractivity contribution in [3.05, 3.63) is 41.1 Å². The third kappa shape index (κ3) is 1.58. The van der Waals surface area contributed by atoms with Gasteiger partial charge in [-0.05, 0) is 36.5 Å². The van der Waals surface area contributed by atoms with E-state index in [0.29, 0.717) is 5.56 Å². The van der Waals surface area contributed by atoms with Crippen molar-refractivity contribution in [3.8, 4) is 11.3 Å². The van der Waals surface area contributed by atoms with Gasteiger partial charge in [0.1, 0.15) is 0 Å². The summed E-state index contributed by atoms with van der Waals surface area (Å²) in [6.07, 6.45) is 6.06. The van der Waals surface area contributed by atoms with Crippen LogP contribution in [0.5, 0.6) is 0 Å². The molecular weight excluding hydrogens is 212 g/mol. The van der Waals surface area contributed by atoms with Crippen molar-refractivity contribution in [1.29, 1.82) is 0 Å². The number of aldehydes is 1. The summed E-state index contributed by atoms with van der Waals surface area (Å²) in [6.45, 7) is 0. The standard InChI is InChI=1S/C14H14N2O/c1-16-14(13(9-17)8-15-16)12-6-5-10-3-2-4-11(10)7-12/h5-9H,2-4H2,1H3. The van der Waals surface area contributed by atoms with E-state index in [1.807, 2.05) is 7.05 Å². The second-order valence-electron chi connectivity index (χ2n) is 4.53. The molecule has 1 aliphatic rings. The highest BCUT2D eigenvalue weighted by molar-refractivity contribution is 5.85. The number of benzene rings is 1. The fourth-order valence-electron chi connectivity index (χ4n) is 2.61. The number of aryl methyl sites for hydroxylation is 3. The van der Waals surface area contributed by atoms with Crippen LogP contribution < -0.4 is 0 Å². The van der Waals surface area contributed by atoms with Crippen LogP contribution in [0.1, 0.15) is 27.9 Å². The molecule has 17 heavy (non-hydrogen) atoms. The number of hydrogen-bond donors (Lipinski definition) is 0. The van der Waals surface area contributed by atoms with Crippen molar-refractivity contribution in [2.75, 3.05) is 0 Å². The molecule has 0 saturated carbocycles. The monoisotopic (exact) mass is 226 g/mol. The third-order valence-corrected chi connectivity index (χ3v) is 3.47. The summed E-state index contributed by atoms with van der Waals surface area (Å²) in [5.41, 5.74) is 5.53. The van der Waals surface area contributed by atoms with E-state index in [9.17, 15) is 4.79 Å². The average molecular weight is 226 g/mol. The van der Waals surface area contributed by atoms with Gasteiger partial charge in [-0.15, -0.1) is 0 Å². The first-order valence-electron chi connectivity index (χ1n) is 5.89. The first-order chi connectivity index (χ1) is 8.29. The first kappa shape index (κ1) is 10.3. The minimum Gasteiger partial charge on any atom is -0.298 e. The second kappa shape index (κ2) is 3.84. The summed E-state index contributed by atoms with van der Waals surface area (Å²) in [4.78, 5) is 11.0. The molecule has 0 saturated heterocycles. The number of aromatic nitrogens is 2. The smallest absolute Gasteiger partial charge is 0.153 e. The van der Waals surface area contributed by atoms with Crippen LogP contribution in [0.25, 0.3) is 11.3 Å². The lowest BCUT2D eigenvalue weighted by Crippen LogP contribution is -1.96. The molecule has 0 aliphatic heterocycles. The molecular formula is C14H14N2O. The quantitative estimate of drug-likeness (QED) is 0.737. The molecule has 0 spiro atoms.